The van der Waals surface area contributed by atoms with Crippen LogP contribution in [0.1, 0.15) is 12.8 Å². The minimum Gasteiger partial charge on any atom is -0.325 e. The van der Waals surface area contributed by atoms with Crippen LogP contribution in [0.15, 0.2) is 0 Å². The van der Waals surface area contributed by atoms with Crippen LogP contribution in [0.3, 0.4) is 0 Å². The highest BCUT2D eigenvalue weighted by Gasteiger charge is 2.39. The van der Waals surface area contributed by atoms with Gasteiger partial charge in [0.05, 0.1) is 0 Å². The average molecular weight is 209 g/mol. The third kappa shape index (κ3) is 1.61. The molecule has 15 heavy (non-hydrogen) atoms. The van der Waals surface area contributed by atoms with Gasteiger partial charge in [0.1, 0.15) is 0 Å². The van der Waals surface area contributed by atoms with E-state index in [2.05, 4.69) is 10.2 Å². The van der Waals surface area contributed by atoms with E-state index in [1.807, 2.05) is 4.90 Å². The maximum absolute atomic E-state index is 12.1. The number of carbonyl (C=O) groups excluding carboxylic acids is 1. The van der Waals surface area contributed by atoms with E-state index in [9.17, 15) is 4.79 Å². The van der Waals surface area contributed by atoms with Crippen molar-refractivity contribution in [3.8, 4) is 0 Å². The Hall–Kier alpha value is -0.770. The predicted octanol–water partition coefficient (Wildman–Crippen LogP) is 0.353. The van der Waals surface area contributed by atoms with Crippen molar-refractivity contribution in [1.29, 1.82) is 0 Å². The summed E-state index contributed by atoms with van der Waals surface area (Å²) in [5.41, 5.74) is 0. The molecule has 0 aliphatic carbocycles. The number of hydrogen-bond acceptors (Lipinski definition) is 2. The molecule has 3 heterocycles. The molecule has 3 fully saturated rings. The van der Waals surface area contributed by atoms with Gasteiger partial charge in [0.15, 0.2) is 0 Å². The Morgan fingerprint density at radius 2 is 1.60 bits per heavy atom. The number of nitrogens with zero attached hydrogens (tertiary/aromatic N) is 2. The quantitative estimate of drug-likeness (QED) is 0.625. The molecule has 2 unspecified atom stereocenters. The molecule has 4 nitrogen and oxygen atoms in total. The van der Waals surface area contributed by atoms with Crippen LogP contribution in [0.25, 0.3) is 0 Å². The van der Waals surface area contributed by atoms with Gasteiger partial charge >= 0.3 is 6.03 Å². The predicted molar refractivity (Wildman–Crippen MR) is 57.6 cm³/mol. The van der Waals surface area contributed by atoms with E-state index in [0.29, 0.717) is 6.03 Å². The first kappa shape index (κ1) is 9.46. The second kappa shape index (κ2) is 3.67. The molecule has 4 heteroatoms. The van der Waals surface area contributed by atoms with Crippen LogP contribution in [-0.4, -0.2) is 55.1 Å². The number of amides is 2. The van der Waals surface area contributed by atoms with Gasteiger partial charge in [-0.25, -0.2) is 4.79 Å². The lowest BCUT2D eigenvalue weighted by molar-refractivity contribution is 0.169. The van der Waals surface area contributed by atoms with Gasteiger partial charge < -0.3 is 15.1 Å². The number of urea groups is 1. The maximum atomic E-state index is 12.1. The summed E-state index contributed by atoms with van der Waals surface area (Å²) in [7, 11) is 0. The Morgan fingerprint density at radius 1 is 1.00 bits per heavy atom. The molecule has 2 atom stereocenters. The molecule has 3 rings (SSSR count). The zero-order valence-corrected chi connectivity index (χ0v) is 9.11. The van der Waals surface area contributed by atoms with Crippen LogP contribution >= 0.6 is 0 Å². The standard InChI is InChI=1S/C11H19N3O/c15-11(13-3-1-2-4-13)14-7-9-5-12-6-10(9)8-14/h9-10,12H,1-8H2. The summed E-state index contributed by atoms with van der Waals surface area (Å²) in [5, 5.41) is 3.40. The lowest BCUT2D eigenvalue weighted by Crippen LogP contribution is -2.41. The Morgan fingerprint density at radius 3 is 2.20 bits per heavy atom. The first-order chi connectivity index (χ1) is 7.34. The van der Waals surface area contributed by atoms with Crippen LogP contribution in [0, 0.1) is 11.8 Å². The van der Waals surface area contributed by atoms with Gasteiger partial charge in [-0.2, -0.15) is 0 Å². The fraction of sp³-hybridized carbons (Fsp3) is 0.909. The van der Waals surface area contributed by atoms with Crippen molar-refractivity contribution in [2.24, 2.45) is 11.8 Å². The second-order valence-electron chi connectivity index (χ2n) is 5.06. The molecule has 0 bridgehead atoms. The highest BCUT2D eigenvalue weighted by molar-refractivity contribution is 5.75. The number of likely N-dealkylation sites (tertiary alicyclic amines) is 2. The van der Waals surface area contributed by atoms with E-state index < -0.39 is 0 Å². The van der Waals surface area contributed by atoms with Crippen LogP contribution in [0.2, 0.25) is 0 Å². The number of rotatable bonds is 0. The van der Waals surface area contributed by atoms with Gasteiger partial charge in [0, 0.05) is 39.3 Å². The van der Waals surface area contributed by atoms with Gasteiger partial charge in [-0.15, -0.1) is 0 Å². The van der Waals surface area contributed by atoms with E-state index in [4.69, 9.17) is 0 Å². The summed E-state index contributed by atoms with van der Waals surface area (Å²) in [6.07, 6.45) is 2.38. The summed E-state index contributed by atoms with van der Waals surface area (Å²) in [4.78, 5) is 16.2. The largest absolute Gasteiger partial charge is 0.325 e. The van der Waals surface area contributed by atoms with Crippen molar-refractivity contribution >= 4 is 6.03 Å². The summed E-state index contributed by atoms with van der Waals surface area (Å²) >= 11 is 0. The summed E-state index contributed by atoms with van der Waals surface area (Å²) in [5.74, 6) is 1.44. The van der Waals surface area contributed by atoms with Crippen LogP contribution < -0.4 is 5.32 Å². The summed E-state index contributed by atoms with van der Waals surface area (Å²) in [6, 6.07) is 0.293. The Bertz CT molecular complexity index is 251. The zero-order valence-electron chi connectivity index (χ0n) is 9.11. The molecule has 84 valence electrons. The van der Waals surface area contributed by atoms with Crippen molar-refractivity contribution in [1.82, 2.24) is 15.1 Å². The van der Waals surface area contributed by atoms with E-state index in [1.54, 1.807) is 0 Å². The average Bonchev–Trinajstić information content (AvgIpc) is 2.92. The fourth-order valence-corrected chi connectivity index (χ4v) is 3.12. The third-order valence-electron chi connectivity index (χ3n) is 4.04. The van der Waals surface area contributed by atoms with Crippen LogP contribution in [-0.2, 0) is 0 Å². The Kier molecular flexibility index (Phi) is 2.31. The lowest BCUT2D eigenvalue weighted by Gasteiger charge is -2.24. The highest BCUT2D eigenvalue weighted by Crippen LogP contribution is 2.27. The summed E-state index contributed by atoms with van der Waals surface area (Å²) in [6.45, 7) is 6.12. The molecule has 0 radical (unpaired) electrons. The maximum Gasteiger partial charge on any atom is 0.320 e. The molecule has 3 aliphatic rings. The second-order valence-corrected chi connectivity index (χ2v) is 5.06. The van der Waals surface area contributed by atoms with Gasteiger partial charge in [0.2, 0.25) is 0 Å². The third-order valence-corrected chi connectivity index (χ3v) is 4.04. The van der Waals surface area contributed by atoms with E-state index in [-0.39, 0.29) is 0 Å². The first-order valence-corrected chi connectivity index (χ1v) is 6.09. The molecular weight excluding hydrogens is 190 g/mol. The topological polar surface area (TPSA) is 35.6 Å². The van der Waals surface area contributed by atoms with Crippen molar-refractivity contribution in [3.63, 3.8) is 0 Å². The first-order valence-electron chi connectivity index (χ1n) is 6.09. The van der Waals surface area contributed by atoms with Gasteiger partial charge in [-0.1, -0.05) is 0 Å². The van der Waals surface area contributed by atoms with Gasteiger partial charge in [0.25, 0.3) is 0 Å². The molecule has 0 aromatic rings. The number of fused-ring (bicyclic) bond motifs is 1. The minimum atomic E-state index is 0.293. The fourth-order valence-electron chi connectivity index (χ4n) is 3.12. The molecular formula is C11H19N3O. The van der Waals surface area contributed by atoms with Gasteiger partial charge in [-0.3, -0.25) is 0 Å². The molecule has 2 amide bonds. The normalized spacial score (nSPS) is 34.9. The molecule has 3 aliphatic heterocycles. The van der Waals surface area contributed by atoms with Crippen molar-refractivity contribution < 1.29 is 4.79 Å². The molecule has 3 saturated heterocycles. The van der Waals surface area contributed by atoms with E-state index in [0.717, 1.165) is 51.1 Å². The van der Waals surface area contributed by atoms with Crippen molar-refractivity contribution in [2.45, 2.75) is 12.8 Å². The number of nitrogens with one attached hydrogen (secondary N) is 1. The smallest absolute Gasteiger partial charge is 0.320 e. The minimum absolute atomic E-state index is 0.293. The number of carbonyl (C=O) groups is 1. The van der Waals surface area contributed by atoms with Crippen LogP contribution in [0.4, 0.5) is 4.79 Å². The highest BCUT2D eigenvalue weighted by atomic mass is 16.2. The number of hydrogen-bond donors (Lipinski definition) is 1. The zero-order chi connectivity index (χ0) is 10.3. The monoisotopic (exact) mass is 209 g/mol. The van der Waals surface area contributed by atoms with Crippen molar-refractivity contribution in [2.75, 3.05) is 39.3 Å². The molecule has 0 aromatic heterocycles. The molecule has 0 aromatic carbocycles. The van der Waals surface area contributed by atoms with E-state index in [1.165, 1.54) is 12.8 Å². The lowest BCUT2D eigenvalue weighted by atomic mass is 10.0. The van der Waals surface area contributed by atoms with Crippen molar-refractivity contribution in [3.05, 3.63) is 0 Å². The summed E-state index contributed by atoms with van der Waals surface area (Å²) < 4.78 is 0. The van der Waals surface area contributed by atoms with E-state index >= 15 is 0 Å². The molecule has 1 N–H and O–H groups in total. The Balaban J connectivity index is 1.61. The molecule has 0 saturated carbocycles. The van der Waals surface area contributed by atoms with Crippen LogP contribution in [0.5, 0.6) is 0 Å². The van der Waals surface area contributed by atoms with Gasteiger partial charge in [-0.05, 0) is 24.7 Å². The SMILES string of the molecule is O=C(N1CCCC1)N1CC2CNCC2C1. The molecule has 0 spiro atoms. The Labute approximate surface area is 90.6 Å².